The van der Waals surface area contributed by atoms with E-state index >= 15 is 0 Å². The molecule has 1 aromatic heterocycles. The number of ketones is 1. The number of hydrogen-bond acceptors (Lipinski definition) is 6. The van der Waals surface area contributed by atoms with Crippen LogP contribution in [-0.2, 0) is 16.0 Å². The number of ether oxygens (including phenoxy) is 1. The molecule has 1 unspecified atom stereocenters. The molecule has 41 heavy (non-hydrogen) atoms. The van der Waals surface area contributed by atoms with E-state index in [9.17, 15) is 9.59 Å². The molecule has 1 amide bonds. The highest BCUT2D eigenvalue weighted by atomic mass is 35.5. The molecule has 1 fully saturated rings. The number of nitrogens with one attached hydrogen (secondary N) is 1. The lowest BCUT2D eigenvalue weighted by Crippen LogP contribution is -2.43. The largest absolute Gasteiger partial charge is 0.455 e. The van der Waals surface area contributed by atoms with E-state index in [1.807, 2.05) is 25.1 Å². The maximum Gasteiger partial charge on any atom is 0.239 e. The molecule has 218 valence electrons. The summed E-state index contributed by atoms with van der Waals surface area (Å²) < 4.78 is 6.17. The van der Waals surface area contributed by atoms with Crippen LogP contribution in [0.4, 0.5) is 5.69 Å². The number of carbonyl (C=O) groups excluding carboxylic acids is 2. The zero-order valence-corrected chi connectivity index (χ0v) is 25.0. The first-order valence-corrected chi connectivity index (χ1v) is 15.0. The molecule has 0 spiro atoms. The standard InChI is InChI=1S/C32H38Cl2N4O3/c1-24(7-6-9-27-8-2-3-16-35-27)30(39)22-38(23-32(40)36-17-20-37-18-4-5-19-37)29-21-26(34)12-15-31(29)41-28-13-10-25(33)11-14-28/h2-3,8,10-16,21,24H,4-7,9,17-20,22-23H2,1H3,(H,36,40). The van der Waals surface area contributed by atoms with Gasteiger partial charge in [-0.1, -0.05) is 36.2 Å². The Morgan fingerprint density at radius 1 is 1.02 bits per heavy atom. The van der Waals surface area contributed by atoms with Gasteiger partial charge in [-0.2, -0.15) is 0 Å². The van der Waals surface area contributed by atoms with Gasteiger partial charge in [0.15, 0.2) is 11.5 Å². The molecule has 1 aliphatic rings. The molecular weight excluding hydrogens is 559 g/mol. The molecule has 4 rings (SSSR count). The molecule has 0 aliphatic carbocycles. The number of nitrogens with zero attached hydrogens (tertiary/aromatic N) is 3. The van der Waals surface area contributed by atoms with E-state index in [0.29, 0.717) is 33.8 Å². The van der Waals surface area contributed by atoms with Crippen molar-refractivity contribution in [2.24, 2.45) is 5.92 Å². The van der Waals surface area contributed by atoms with E-state index in [4.69, 9.17) is 27.9 Å². The van der Waals surface area contributed by atoms with Crippen LogP contribution >= 0.6 is 23.2 Å². The first kappa shape index (κ1) is 30.8. The fourth-order valence-electron chi connectivity index (χ4n) is 4.91. The summed E-state index contributed by atoms with van der Waals surface area (Å²) in [6, 6.07) is 18.1. The summed E-state index contributed by atoms with van der Waals surface area (Å²) in [5.74, 6) is 0.796. The van der Waals surface area contributed by atoms with Crippen molar-refractivity contribution in [1.29, 1.82) is 0 Å². The summed E-state index contributed by atoms with van der Waals surface area (Å²) in [6.07, 6.45) is 6.59. The third-order valence-corrected chi connectivity index (χ3v) is 7.77. The summed E-state index contributed by atoms with van der Waals surface area (Å²) in [6.45, 7) is 5.53. The molecule has 2 heterocycles. The number of pyridine rings is 1. The summed E-state index contributed by atoms with van der Waals surface area (Å²) in [7, 11) is 0. The Hall–Kier alpha value is -3.13. The Labute approximate surface area is 252 Å². The topological polar surface area (TPSA) is 74.8 Å². The van der Waals surface area contributed by atoms with Crippen molar-refractivity contribution >= 4 is 40.6 Å². The van der Waals surface area contributed by atoms with Crippen LogP contribution in [0.1, 0.15) is 38.3 Å². The van der Waals surface area contributed by atoms with Crippen molar-refractivity contribution in [2.75, 3.05) is 44.2 Å². The maximum atomic E-state index is 13.4. The van der Waals surface area contributed by atoms with Crippen molar-refractivity contribution in [2.45, 2.75) is 39.0 Å². The molecule has 0 saturated carbocycles. The first-order chi connectivity index (χ1) is 19.9. The van der Waals surface area contributed by atoms with E-state index in [-0.39, 0.29) is 30.7 Å². The smallest absolute Gasteiger partial charge is 0.239 e. The average molecular weight is 598 g/mol. The SMILES string of the molecule is CC(CCCc1ccccn1)C(=O)CN(CC(=O)NCCN1CCCC1)c1cc(Cl)ccc1Oc1ccc(Cl)cc1. The fraction of sp³-hybridized carbons (Fsp3) is 0.406. The highest BCUT2D eigenvalue weighted by Gasteiger charge is 2.23. The van der Waals surface area contributed by atoms with Crippen LogP contribution in [0.5, 0.6) is 11.5 Å². The van der Waals surface area contributed by atoms with Gasteiger partial charge in [0.2, 0.25) is 5.91 Å². The monoisotopic (exact) mass is 596 g/mol. The normalized spacial score (nSPS) is 14.0. The summed E-state index contributed by atoms with van der Waals surface area (Å²) in [5, 5.41) is 4.11. The number of carbonyl (C=O) groups is 2. The molecule has 7 nitrogen and oxygen atoms in total. The van der Waals surface area contributed by atoms with Crippen LogP contribution in [0, 0.1) is 5.92 Å². The first-order valence-electron chi connectivity index (χ1n) is 14.3. The van der Waals surface area contributed by atoms with Gasteiger partial charge in [0.1, 0.15) is 5.75 Å². The van der Waals surface area contributed by atoms with Gasteiger partial charge in [0, 0.05) is 40.9 Å². The second kappa shape index (κ2) is 15.8. The van der Waals surface area contributed by atoms with Crippen molar-refractivity contribution in [1.82, 2.24) is 15.2 Å². The van der Waals surface area contributed by atoms with Crippen LogP contribution in [0.3, 0.4) is 0 Å². The van der Waals surface area contributed by atoms with E-state index in [2.05, 4.69) is 15.2 Å². The number of Topliss-reactive ketones (excluding diaryl/α,β-unsaturated/α-hetero) is 1. The molecule has 2 aromatic carbocycles. The lowest BCUT2D eigenvalue weighted by atomic mass is 9.98. The number of amides is 1. The minimum Gasteiger partial charge on any atom is -0.455 e. The van der Waals surface area contributed by atoms with Gasteiger partial charge >= 0.3 is 0 Å². The lowest BCUT2D eigenvalue weighted by Gasteiger charge is -2.27. The quantitative estimate of drug-likeness (QED) is 0.218. The zero-order chi connectivity index (χ0) is 29.0. The van der Waals surface area contributed by atoms with Crippen molar-refractivity contribution < 1.29 is 14.3 Å². The molecule has 3 aromatic rings. The number of likely N-dealkylation sites (tertiary alicyclic amines) is 1. The Balaban J connectivity index is 1.46. The molecule has 0 bridgehead atoms. The molecule has 1 saturated heterocycles. The maximum absolute atomic E-state index is 13.4. The van der Waals surface area contributed by atoms with Crippen molar-refractivity contribution in [3.8, 4) is 11.5 Å². The number of hydrogen-bond donors (Lipinski definition) is 1. The zero-order valence-electron chi connectivity index (χ0n) is 23.5. The molecule has 1 N–H and O–H groups in total. The second-order valence-corrected chi connectivity index (χ2v) is 11.4. The number of anilines is 1. The number of aryl methyl sites for hydroxylation is 1. The summed E-state index contributed by atoms with van der Waals surface area (Å²) in [5.41, 5.74) is 1.60. The van der Waals surface area contributed by atoms with Gasteiger partial charge in [-0.25, -0.2) is 0 Å². The van der Waals surface area contributed by atoms with Gasteiger partial charge in [-0.05, 0) is 99.8 Å². The van der Waals surface area contributed by atoms with Crippen LogP contribution in [0.15, 0.2) is 66.9 Å². The minimum absolute atomic E-state index is 0.00369. The Morgan fingerprint density at radius 3 is 2.51 bits per heavy atom. The van der Waals surface area contributed by atoms with Gasteiger partial charge < -0.3 is 19.9 Å². The Morgan fingerprint density at radius 2 is 1.78 bits per heavy atom. The van der Waals surface area contributed by atoms with Gasteiger partial charge in [0.05, 0.1) is 18.8 Å². The van der Waals surface area contributed by atoms with Crippen LogP contribution < -0.4 is 15.0 Å². The Kier molecular flexibility index (Phi) is 11.8. The summed E-state index contributed by atoms with van der Waals surface area (Å²) >= 11 is 12.5. The minimum atomic E-state index is -0.181. The molecule has 1 aliphatic heterocycles. The highest BCUT2D eigenvalue weighted by Crippen LogP contribution is 2.35. The Bertz CT molecular complexity index is 1270. The number of benzene rings is 2. The molecule has 0 radical (unpaired) electrons. The predicted molar refractivity (Wildman–Crippen MR) is 165 cm³/mol. The van der Waals surface area contributed by atoms with E-state index < -0.39 is 0 Å². The number of aromatic nitrogens is 1. The van der Waals surface area contributed by atoms with Gasteiger partial charge in [-0.15, -0.1) is 0 Å². The van der Waals surface area contributed by atoms with Crippen LogP contribution in [0.25, 0.3) is 0 Å². The van der Waals surface area contributed by atoms with Crippen molar-refractivity contribution in [3.05, 3.63) is 82.6 Å². The fourth-order valence-corrected chi connectivity index (χ4v) is 5.20. The average Bonchev–Trinajstić information content (AvgIpc) is 3.49. The summed E-state index contributed by atoms with van der Waals surface area (Å²) in [4.78, 5) is 35.0. The predicted octanol–water partition coefficient (Wildman–Crippen LogP) is 6.43. The molecule has 9 heteroatoms. The van der Waals surface area contributed by atoms with Crippen LogP contribution in [0.2, 0.25) is 10.0 Å². The second-order valence-electron chi connectivity index (χ2n) is 10.5. The van der Waals surface area contributed by atoms with Gasteiger partial charge in [-0.3, -0.25) is 14.6 Å². The van der Waals surface area contributed by atoms with Gasteiger partial charge in [0.25, 0.3) is 0 Å². The molecule has 1 atom stereocenters. The van der Waals surface area contributed by atoms with E-state index in [1.54, 1.807) is 53.6 Å². The highest BCUT2D eigenvalue weighted by molar-refractivity contribution is 6.31. The van der Waals surface area contributed by atoms with E-state index in [0.717, 1.165) is 44.6 Å². The molecular formula is C32H38Cl2N4O3. The lowest BCUT2D eigenvalue weighted by molar-refractivity contribution is -0.121. The third kappa shape index (κ3) is 10.0. The van der Waals surface area contributed by atoms with Crippen molar-refractivity contribution in [3.63, 3.8) is 0 Å². The van der Waals surface area contributed by atoms with E-state index in [1.165, 1.54) is 12.8 Å². The third-order valence-electron chi connectivity index (χ3n) is 7.28. The number of rotatable bonds is 15. The van der Waals surface area contributed by atoms with Crippen LogP contribution in [-0.4, -0.2) is 60.8 Å². The number of halogens is 2.